The molecular weight excluding hydrogens is 691 g/mol. The first-order chi connectivity index (χ1) is 18.9. The molecule has 0 spiro atoms. The van der Waals surface area contributed by atoms with E-state index in [4.69, 9.17) is 32.7 Å². The van der Waals surface area contributed by atoms with E-state index in [1.165, 1.54) is 43.7 Å². The Balaban J connectivity index is 1.60. The van der Waals surface area contributed by atoms with E-state index in [1.54, 1.807) is 12.1 Å². The highest BCUT2D eigenvalue weighted by molar-refractivity contribution is 14.1. The Morgan fingerprint density at radius 2 is 1.75 bits per heavy atom. The van der Waals surface area contributed by atoms with E-state index in [-0.39, 0.29) is 32.9 Å². The Bertz CT molecular complexity index is 1470. The van der Waals surface area contributed by atoms with E-state index in [1.807, 2.05) is 22.6 Å². The minimum absolute atomic E-state index is 0.0389. The molecule has 0 aliphatic heterocycles. The smallest absolute Gasteiger partial charge is 0.416 e. The fourth-order valence-corrected chi connectivity index (χ4v) is 4.19. The molecule has 0 atom stereocenters. The molecule has 0 heterocycles. The van der Waals surface area contributed by atoms with Gasteiger partial charge in [-0.3, -0.25) is 14.4 Å². The number of carbonyl (C=O) groups excluding carboxylic acids is 3. The number of nitrogens with one attached hydrogen (secondary N) is 3. The van der Waals surface area contributed by atoms with Gasteiger partial charge in [0.15, 0.2) is 18.1 Å². The summed E-state index contributed by atoms with van der Waals surface area (Å²) in [5, 5.41) is 8.69. The maximum absolute atomic E-state index is 12.9. The van der Waals surface area contributed by atoms with E-state index in [0.29, 0.717) is 9.13 Å². The average molecular weight is 709 g/mol. The summed E-state index contributed by atoms with van der Waals surface area (Å²) in [6.07, 6.45) is -3.31. The molecule has 0 aromatic heterocycles. The number of carbonyl (C=O) groups is 3. The molecule has 0 aliphatic rings. The number of amides is 3. The van der Waals surface area contributed by atoms with Crippen LogP contribution in [0.15, 0.2) is 59.7 Å². The molecular formula is C25H18Cl2F3IN4O5. The minimum atomic E-state index is -4.55. The molecule has 15 heteroatoms. The number of methoxy groups -OCH3 is 1. The lowest BCUT2D eigenvalue weighted by molar-refractivity contribution is -0.137. The average Bonchev–Trinajstić information content (AvgIpc) is 2.90. The number of benzene rings is 3. The molecule has 0 aliphatic carbocycles. The Morgan fingerprint density at radius 1 is 1.02 bits per heavy atom. The molecule has 3 rings (SSSR count). The van der Waals surface area contributed by atoms with Crippen molar-refractivity contribution in [2.45, 2.75) is 6.18 Å². The van der Waals surface area contributed by atoms with Crippen LogP contribution in [0.2, 0.25) is 10.0 Å². The predicted molar refractivity (Wildman–Crippen MR) is 152 cm³/mol. The number of halogens is 6. The summed E-state index contributed by atoms with van der Waals surface area (Å²) in [5.41, 5.74) is 1.73. The molecule has 0 radical (unpaired) electrons. The van der Waals surface area contributed by atoms with Crippen LogP contribution in [0.3, 0.4) is 0 Å². The molecule has 210 valence electrons. The zero-order valence-electron chi connectivity index (χ0n) is 20.2. The van der Waals surface area contributed by atoms with Crippen molar-refractivity contribution in [3.63, 3.8) is 0 Å². The number of hydrogen-bond donors (Lipinski definition) is 3. The van der Waals surface area contributed by atoms with E-state index in [2.05, 4.69) is 21.2 Å². The van der Waals surface area contributed by atoms with Crippen molar-refractivity contribution in [1.29, 1.82) is 0 Å². The van der Waals surface area contributed by atoms with Crippen LogP contribution in [-0.4, -0.2) is 37.7 Å². The van der Waals surface area contributed by atoms with Gasteiger partial charge < -0.3 is 20.1 Å². The van der Waals surface area contributed by atoms with Gasteiger partial charge in [0.1, 0.15) is 0 Å². The number of hydrogen-bond acceptors (Lipinski definition) is 6. The van der Waals surface area contributed by atoms with Crippen LogP contribution in [0.5, 0.6) is 11.5 Å². The number of nitrogens with zero attached hydrogens (tertiary/aromatic N) is 1. The zero-order valence-corrected chi connectivity index (χ0v) is 23.9. The Labute approximate surface area is 249 Å². The number of ether oxygens (including phenoxy) is 2. The summed E-state index contributed by atoms with van der Waals surface area (Å²) in [4.78, 5) is 36.4. The van der Waals surface area contributed by atoms with Gasteiger partial charge in [-0.1, -0.05) is 35.3 Å². The van der Waals surface area contributed by atoms with Crippen molar-refractivity contribution >= 4 is 81.1 Å². The zero-order chi connectivity index (χ0) is 29.4. The monoisotopic (exact) mass is 708 g/mol. The first-order valence-electron chi connectivity index (χ1n) is 10.9. The van der Waals surface area contributed by atoms with Crippen molar-refractivity contribution < 1.29 is 37.0 Å². The second kappa shape index (κ2) is 13.7. The SMILES string of the molecule is COc1cc(/C=N\NC(=O)C(=O)Nc2cccc(Cl)c2Cl)cc(I)c1OCC(=O)Nc1cccc(C(F)(F)F)c1. The highest BCUT2D eigenvalue weighted by Crippen LogP contribution is 2.34. The molecule has 0 saturated carbocycles. The summed E-state index contributed by atoms with van der Waals surface area (Å²) < 4.78 is 50.0. The molecule has 0 saturated heterocycles. The van der Waals surface area contributed by atoms with Crippen LogP contribution in [0, 0.1) is 3.57 Å². The lowest BCUT2D eigenvalue weighted by atomic mass is 10.2. The van der Waals surface area contributed by atoms with Gasteiger partial charge in [0, 0.05) is 5.69 Å². The van der Waals surface area contributed by atoms with Crippen molar-refractivity contribution in [1.82, 2.24) is 5.43 Å². The lowest BCUT2D eigenvalue weighted by Crippen LogP contribution is -2.32. The maximum atomic E-state index is 12.9. The fraction of sp³-hybridized carbons (Fsp3) is 0.120. The number of alkyl halides is 3. The first-order valence-corrected chi connectivity index (χ1v) is 12.8. The number of rotatable bonds is 8. The maximum Gasteiger partial charge on any atom is 0.416 e. The third-order valence-electron chi connectivity index (χ3n) is 4.86. The third-order valence-corrected chi connectivity index (χ3v) is 6.48. The second-order valence-corrected chi connectivity index (χ2v) is 9.65. The standard InChI is InChI=1S/C25H18Cl2F3IN4O5/c1-39-19-9-13(11-32-35-24(38)23(37)34-18-7-3-6-16(26)21(18)27)8-17(31)22(19)40-12-20(36)33-15-5-2-4-14(10-15)25(28,29)30/h2-11H,12H2,1H3,(H,33,36)(H,34,37)(H,35,38)/b32-11-. The fourth-order valence-electron chi connectivity index (χ4n) is 3.06. The van der Waals surface area contributed by atoms with Gasteiger partial charge in [-0.25, -0.2) is 5.43 Å². The van der Waals surface area contributed by atoms with Gasteiger partial charge >= 0.3 is 18.0 Å². The molecule has 0 unspecified atom stereocenters. The van der Waals surface area contributed by atoms with E-state index < -0.39 is 36.1 Å². The van der Waals surface area contributed by atoms with Crippen LogP contribution in [0.4, 0.5) is 24.5 Å². The van der Waals surface area contributed by atoms with Crippen molar-refractivity contribution in [2.75, 3.05) is 24.4 Å². The predicted octanol–water partition coefficient (Wildman–Crippen LogP) is 5.73. The van der Waals surface area contributed by atoms with Crippen LogP contribution < -0.4 is 25.5 Å². The molecule has 9 nitrogen and oxygen atoms in total. The summed E-state index contributed by atoms with van der Waals surface area (Å²) in [7, 11) is 1.36. The van der Waals surface area contributed by atoms with E-state index in [0.717, 1.165) is 12.1 Å². The van der Waals surface area contributed by atoms with Gasteiger partial charge in [0.2, 0.25) is 0 Å². The summed E-state index contributed by atoms with van der Waals surface area (Å²) in [5.74, 6) is -2.38. The van der Waals surface area contributed by atoms with Gasteiger partial charge in [-0.2, -0.15) is 18.3 Å². The van der Waals surface area contributed by atoms with Crippen molar-refractivity contribution in [3.05, 3.63) is 79.3 Å². The highest BCUT2D eigenvalue weighted by atomic mass is 127. The summed E-state index contributed by atoms with van der Waals surface area (Å²) in [6, 6.07) is 11.8. The lowest BCUT2D eigenvalue weighted by Gasteiger charge is -2.14. The van der Waals surface area contributed by atoms with Crippen LogP contribution in [-0.2, 0) is 20.6 Å². The molecule has 3 aromatic carbocycles. The van der Waals surface area contributed by atoms with Crippen LogP contribution in [0.1, 0.15) is 11.1 Å². The van der Waals surface area contributed by atoms with E-state index >= 15 is 0 Å². The highest BCUT2D eigenvalue weighted by Gasteiger charge is 2.30. The van der Waals surface area contributed by atoms with Crippen molar-refractivity contribution in [3.8, 4) is 11.5 Å². The van der Waals surface area contributed by atoms with Gasteiger partial charge in [0.25, 0.3) is 5.91 Å². The van der Waals surface area contributed by atoms with Crippen molar-refractivity contribution in [2.24, 2.45) is 5.10 Å². The van der Waals surface area contributed by atoms with Crippen LogP contribution in [0.25, 0.3) is 0 Å². The number of anilines is 2. The van der Waals surface area contributed by atoms with Crippen LogP contribution >= 0.6 is 45.8 Å². The van der Waals surface area contributed by atoms with Gasteiger partial charge in [-0.05, 0) is 70.6 Å². The molecule has 0 bridgehead atoms. The second-order valence-electron chi connectivity index (χ2n) is 7.70. The first kappa shape index (κ1) is 31.0. The Kier molecular flexibility index (Phi) is 10.6. The molecule has 3 N–H and O–H groups in total. The summed E-state index contributed by atoms with van der Waals surface area (Å²) >= 11 is 13.8. The summed E-state index contributed by atoms with van der Waals surface area (Å²) in [6.45, 7) is -0.516. The molecule has 3 aromatic rings. The molecule has 0 fully saturated rings. The van der Waals surface area contributed by atoms with E-state index in [9.17, 15) is 27.6 Å². The molecule has 40 heavy (non-hydrogen) atoms. The topological polar surface area (TPSA) is 118 Å². The van der Waals surface area contributed by atoms with Gasteiger partial charge in [-0.15, -0.1) is 0 Å². The normalized spacial score (nSPS) is 11.2. The largest absolute Gasteiger partial charge is 0.493 e. The van der Waals surface area contributed by atoms with Gasteiger partial charge in [0.05, 0.1) is 38.2 Å². The quantitative estimate of drug-likeness (QED) is 0.120. The Morgan fingerprint density at radius 3 is 2.45 bits per heavy atom. The third kappa shape index (κ3) is 8.47. The Hall–Kier alpha value is -3.56. The number of hydrazone groups is 1. The molecule has 3 amide bonds. The minimum Gasteiger partial charge on any atom is -0.493 e.